The van der Waals surface area contributed by atoms with E-state index in [2.05, 4.69) is 20.6 Å². The summed E-state index contributed by atoms with van der Waals surface area (Å²) in [5.74, 6) is 1.12. The number of anilines is 2. The number of hydrogen-bond acceptors (Lipinski definition) is 7. The smallest absolute Gasteiger partial charge is 0.320 e. The van der Waals surface area contributed by atoms with Gasteiger partial charge in [-0.3, -0.25) is 10.1 Å². The molecule has 0 aliphatic heterocycles. The second kappa shape index (κ2) is 13.0. The van der Waals surface area contributed by atoms with E-state index in [0.29, 0.717) is 45.9 Å². The Hall–Kier alpha value is -4.47. The summed E-state index contributed by atoms with van der Waals surface area (Å²) >= 11 is 6.48. The van der Waals surface area contributed by atoms with Crippen LogP contribution in [-0.4, -0.2) is 27.1 Å². The highest BCUT2D eigenvalue weighted by Crippen LogP contribution is 2.33. The summed E-state index contributed by atoms with van der Waals surface area (Å²) in [7, 11) is 0. The fourth-order valence-electron chi connectivity index (χ4n) is 4.54. The fourth-order valence-corrected chi connectivity index (χ4v) is 4.77. The second-order valence-corrected chi connectivity index (χ2v) is 10.4. The number of halogens is 2. The van der Waals surface area contributed by atoms with Crippen LogP contribution < -0.4 is 15.4 Å². The topological polar surface area (TPSA) is 110 Å². The van der Waals surface area contributed by atoms with Crippen molar-refractivity contribution >= 4 is 40.0 Å². The SMILES string of the molecule is CCC(C)C(NCc1ccc(-c2ccc3ncnc(Nc4ccc(OCc5cccc(F)c5)c(Cl)c4)c3c2)o1)C(=O)O. The maximum Gasteiger partial charge on any atom is 0.320 e. The largest absolute Gasteiger partial charge is 0.487 e. The molecule has 10 heteroatoms. The maximum atomic E-state index is 13.5. The molecule has 42 heavy (non-hydrogen) atoms. The molecule has 2 atom stereocenters. The van der Waals surface area contributed by atoms with Gasteiger partial charge in [-0.1, -0.05) is 44.0 Å². The number of nitrogens with zero attached hydrogens (tertiary/aromatic N) is 2. The molecule has 0 fully saturated rings. The molecule has 0 amide bonds. The molecule has 8 nitrogen and oxygen atoms in total. The number of carboxylic acids is 1. The molecular weight excluding hydrogens is 559 g/mol. The highest BCUT2D eigenvalue weighted by Gasteiger charge is 2.23. The van der Waals surface area contributed by atoms with Gasteiger partial charge in [0.25, 0.3) is 0 Å². The van der Waals surface area contributed by atoms with Crippen molar-refractivity contribution in [2.24, 2.45) is 5.92 Å². The monoisotopic (exact) mass is 588 g/mol. The lowest BCUT2D eigenvalue weighted by Gasteiger charge is -2.19. The lowest BCUT2D eigenvalue weighted by atomic mass is 9.99. The standard InChI is InChI=1S/C32H30ClFN4O4/c1-3-19(2)30(32(39)40)35-16-24-9-12-28(42-24)21-7-10-27-25(14-21)31(37-18-36-27)38-23-8-11-29(26(33)15-23)41-17-20-5-4-6-22(34)13-20/h4-15,18-19,30,35H,3,16-17H2,1-2H3,(H,39,40)(H,36,37,38). The van der Waals surface area contributed by atoms with Crippen molar-refractivity contribution in [3.05, 3.63) is 101 Å². The molecule has 0 saturated carbocycles. The number of benzene rings is 3. The summed E-state index contributed by atoms with van der Waals surface area (Å²) < 4.78 is 25.3. The van der Waals surface area contributed by atoms with Crippen molar-refractivity contribution in [2.75, 3.05) is 5.32 Å². The lowest BCUT2D eigenvalue weighted by Crippen LogP contribution is -2.41. The van der Waals surface area contributed by atoms with E-state index in [1.165, 1.54) is 18.5 Å². The Morgan fingerprint density at radius 2 is 1.95 bits per heavy atom. The van der Waals surface area contributed by atoms with Crippen molar-refractivity contribution < 1.29 is 23.4 Å². The van der Waals surface area contributed by atoms with Crippen LogP contribution in [0.1, 0.15) is 31.6 Å². The van der Waals surface area contributed by atoms with Crippen LogP contribution in [0.3, 0.4) is 0 Å². The van der Waals surface area contributed by atoms with Crippen molar-refractivity contribution in [3.8, 4) is 17.1 Å². The molecule has 0 spiro atoms. The third-order valence-corrected chi connectivity index (χ3v) is 7.33. The predicted octanol–water partition coefficient (Wildman–Crippen LogP) is 7.59. The molecule has 0 aliphatic carbocycles. The van der Waals surface area contributed by atoms with E-state index < -0.39 is 12.0 Å². The van der Waals surface area contributed by atoms with Crippen LogP contribution in [0.25, 0.3) is 22.2 Å². The van der Waals surface area contributed by atoms with Crippen molar-refractivity contribution in [1.82, 2.24) is 15.3 Å². The minimum atomic E-state index is -0.877. The van der Waals surface area contributed by atoms with Crippen LogP contribution in [0.4, 0.5) is 15.9 Å². The number of hydrogen-bond donors (Lipinski definition) is 3. The van der Waals surface area contributed by atoms with Crippen LogP contribution in [0.5, 0.6) is 5.75 Å². The van der Waals surface area contributed by atoms with Gasteiger partial charge in [-0.05, 0) is 72.1 Å². The van der Waals surface area contributed by atoms with Crippen molar-refractivity contribution in [2.45, 2.75) is 39.5 Å². The third-order valence-electron chi connectivity index (χ3n) is 7.03. The Labute approximate surface area is 247 Å². The van der Waals surface area contributed by atoms with Gasteiger partial charge < -0.3 is 19.6 Å². The second-order valence-electron chi connectivity index (χ2n) is 9.99. The molecule has 0 saturated heterocycles. The van der Waals surface area contributed by atoms with E-state index >= 15 is 0 Å². The highest BCUT2D eigenvalue weighted by molar-refractivity contribution is 6.32. The number of fused-ring (bicyclic) bond motifs is 1. The van der Waals surface area contributed by atoms with Gasteiger partial charge in [0, 0.05) is 16.6 Å². The zero-order chi connectivity index (χ0) is 29.6. The first-order valence-corrected chi connectivity index (χ1v) is 13.9. The molecule has 3 aromatic carbocycles. The van der Waals surface area contributed by atoms with Gasteiger partial charge in [0.2, 0.25) is 0 Å². The Balaban J connectivity index is 1.31. The molecule has 2 aromatic heterocycles. The Morgan fingerprint density at radius 3 is 2.71 bits per heavy atom. The molecule has 216 valence electrons. The Bertz CT molecular complexity index is 1710. The quantitative estimate of drug-likeness (QED) is 0.137. The number of carboxylic acid groups (broad SMARTS) is 1. The number of furan rings is 1. The van der Waals surface area contributed by atoms with Gasteiger partial charge in [0.15, 0.2) is 0 Å². The zero-order valence-electron chi connectivity index (χ0n) is 23.1. The van der Waals surface area contributed by atoms with Gasteiger partial charge in [0.1, 0.15) is 47.9 Å². The number of aromatic nitrogens is 2. The lowest BCUT2D eigenvalue weighted by molar-refractivity contribution is -0.140. The fraction of sp³-hybridized carbons (Fsp3) is 0.219. The third kappa shape index (κ3) is 6.87. The summed E-state index contributed by atoms with van der Waals surface area (Å²) in [6, 6.07) is 20.3. The molecule has 3 N–H and O–H groups in total. The number of carbonyl (C=O) groups is 1. The first kappa shape index (κ1) is 29.0. The summed E-state index contributed by atoms with van der Waals surface area (Å²) in [5.41, 5.74) is 2.96. The average molecular weight is 589 g/mol. The molecule has 2 heterocycles. The summed E-state index contributed by atoms with van der Waals surface area (Å²) in [4.78, 5) is 20.5. The van der Waals surface area contributed by atoms with E-state index in [4.69, 9.17) is 20.8 Å². The first-order chi connectivity index (χ1) is 20.3. The number of rotatable bonds is 12. The van der Waals surface area contributed by atoms with Crippen LogP contribution in [0.2, 0.25) is 5.02 Å². The van der Waals surface area contributed by atoms with E-state index in [1.54, 1.807) is 24.3 Å². The molecule has 5 aromatic rings. The van der Waals surface area contributed by atoms with E-state index in [9.17, 15) is 14.3 Å². The van der Waals surface area contributed by atoms with Gasteiger partial charge in [-0.15, -0.1) is 0 Å². The van der Waals surface area contributed by atoms with Gasteiger partial charge in [-0.25, -0.2) is 14.4 Å². The molecule has 5 rings (SSSR count). The number of aliphatic carboxylic acids is 1. The average Bonchev–Trinajstić information content (AvgIpc) is 3.45. The highest BCUT2D eigenvalue weighted by atomic mass is 35.5. The molecule has 0 radical (unpaired) electrons. The molecular formula is C32H30ClFN4O4. The minimum absolute atomic E-state index is 0.0119. The summed E-state index contributed by atoms with van der Waals surface area (Å²) in [5, 5.41) is 17.1. The van der Waals surface area contributed by atoms with E-state index in [-0.39, 0.29) is 18.3 Å². The molecule has 2 unspecified atom stereocenters. The van der Waals surface area contributed by atoms with E-state index in [1.807, 2.05) is 50.2 Å². The molecule has 0 aliphatic rings. The van der Waals surface area contributed by atoms with Crippen LogP contribution in [0, 0.1) is 11.7 Å². The Kier molecular flexibility index (Phi) is 9.00. The van der Waals surface area contributed by atoms with Crippen molar-refractivity contribution in [1.29, 1.82) is 0 Å². The van der Waals surface area contributed by atoms with E-state index in [0.717, 1.165) is 22.9 Å². The first-order valence-electron chi connectivity index (χ1n) is 13.5. The summed E-state index contributed by atoms with van der Waals surface area (Å²) in [6.07, 6.45) is 2.23. The number of nitrogens with one attached hydrogen (secondary N) is 2. The maximum absolute atomic E-state index is 13.5. The molecule has 0 bridgehead atoms. The van der Waals surface area contributed by atoms with Crippen LogP contribution >= 0.6 is 11.6 Å². The summed E-state index contributed by atoms with van der Waals surface area (Å²) in [6.45, 7) is 4.36. The number of ether oxygens (including phenoxy) is 1. The van der Waals surface area contributed by atoms with Gasteiger partial charge in [-0.2, -0.15) is 0 Å². The zero-order valence-corrected chi connectivity index (χ0v) is 23.9. The Morgan fingerprint density at radius 1 is 1.10 bits per heavy atom. The predicted molar refractivity (Wildman–Crippen MR) is 160 cm³/mol. The normalized spacial score (nSPS) is 12.7. The van der Waals surface area contributed by atoms with Gasteiger partial charge in [0.05, 0.1) is 17.1 Å². The van der Waals surface area contributed by atoms with Crippen LogP contribution in [-0.2, 0) is 17.9 Å². The van der Waals surface area contributed by atoms with Crippen LogP contribution in [0.15, 0.2) is 83.5 Å². The van der Waals surface area contributed by atoms with Gasteiger partial charge >= 0.3 is 5.97 Å². The minimum Gasteiger partial charge on any atom is -0.487 e. The van der Waals surface area contributed by atoms with Crippen molar-refractivity contribution in [3.63, 3.8) is 0 Å².